The molecule has 0 radical (unpaired) electrons. The molecule has 0 bridgehead atoms. The van der Waals surface area contributed by atoms with Gasteiger partial charge in [0.25, 0.3) is 0 Å². The van der Waals surface area contributed by atoms with Crippen molar-refractivity contribution in [2.24, 2.45) is 23.7 Å². The highest BCUT2D eigenvalue weighted by molar-refractivity contribution is 4.85. The zero-order chi connectivity index (χ0) is 13.8. The van der Waals surface area contributed by atoms with Crippen molar-refractivity contribution in [2.75, 3.05) is 6.54 Å². The lowest BCUT2D eigenvalue weighted by Crippen LogP contribution is -2.43. The number of hydrogen-bond donors (Lipinski definition) is 1. The van der Waals surface area contributed by atoms with Crippen LogP contribution in [0.4, 0.5) is 0 Å². The van der Waals surface area contributed by atoms with E-state index < -0.39 is 0 Å². The third-order valence-corrected chi connectivity index (χ3v) is 4.60. The maximum atomic E-state index is 3.72. The summed E-state index contributed by atoms with van der Waals surface area (Å²) in [7, 11) is 0. The molecule has 1 heteroatoms. The van der Waals surface area contributed by atoms with Crippen molar-refractivity contribution in [3.8, 4) is 0 Å². The van der Waals surface area contributed by atoms with Crippen LogP contribution in [0.15, 0.2) is 0 Å². The molecule has 1 aliphatic carbocycles. The lowest BCUT2D eigenvalue weighted by atomic mass is 9.68. The molecule has 1 rings (SSSR count). The van der Waals surface area contributed by atoms with E-state index >= 15 is 0 Å². The summed E-state index contributed by atoms with van der Waals surface area (Å²) >= 11 is 0. The van der Waals surface area contributed by atoms with Gasteiger partial charge in [0.15, 0.2) is 0 Å². The van der Waals surface area contributed by atoms with Gasteiger partial charge >= 0.3 is 0 Å². The van der Waals surface area contributed by atoms with Gasteiger partial charge in [0, 0.05) is 5.54 Å². The highest BCUT2D eigenvalue weighted by atomic mass is 14.9. The van der Waals surface area contributed by atoms with Crippen LogP contribution in [-0.2, 0) is 0 Å². The Labute approximate surface area is 115 Å². The van der Waals surface area contributed by atoms with Gasteiger partial charge in [-0.25, -0.2) is 0 Å². The quantitative estimate of drug-likeness (QED) is 0.737. The number of nitrogens with one attached hydrogen (secondary N) is 1. The fourth-order valence-electron chi connectivity index (χ4n) is 3.54. The minimum atomic E-state index is 0.266. The van der Waals surface area contributed by atoms with E-state index in [0.717, 1.165) is 23.7 Å². The molecule has 0 heterocycles. The molecule has 108 valence electrons. The molecule has 0 amide bonds. The average Bonchev–Trinajstić information content (AvgIpc) is 2.26. The first-order valence-electron chi connectivity index (χ1n) is 8.08. The molecular formula is C17H35N. The van der Waals surface area contributed by atoms with Gasteiger partial charge in [-0.3, -0.25) is 0 Å². The Bertz CT molecular complexity index is 226. The van der Waals surface area contributed by atoms with Crippen LogP contribution in [-0.4, -0.2) is 12.1 Å². The van der Waals surface area contributed by atoms with Crippen molar-refractivity contribution in [1.82, 2.24) is 5.32 Å². The van der Waals surface area contributed by atoms with Crippen molar-refractivity contribution in [2.45, 2.75) is 79.2 Å². The van der Waals surface area contributed by atoms with Gasteiger partial charge in [-0.1, -0.05) is 40.0 Å². The molecule has 1 saturated carbocycles. The normalized spacial score (nSPS) is 29.8. The molecule has 18 heavy (non-hydrogen) atoms. The summed E-state index contributed by atoms with van der Waals surface area (Å²) in [5.41, 5.74) is 0.266. The Morgan fingerprint density at radius 3 is 2.33 bits per heavy atom. The van der Waals surface area contributed by atoms with Crippen LogP contribution < -0.4 is 5.32 Å². The van der Waals surface area contributed by atoms with Crippen LogP contribution in [0, 0.1) is 23.7 Å². The molecule has 0 saturated heterocycles. The molecule has 0 aromatic rings. The summed E-state index contributed by atoms with van der Waals surface area (Å²) in [6, 6.07) is 0. The van der Waals surface area contributed by atoms with Crippen LogP contribution in [0.25, 0.3) is 0 Å². The fourth-order valence-corrected chi connectivity index (χ4v) is 3.54. The molecule has 3 atom stereocenters. The Morgan fingerprint density at radius 2 is 1.83 bits per heavy atom. The van der Waals surface area contributed by atoms with Gasteiger partial charge in [-0.05, 0) is 63.8 Å². The van der Waals surface area contributed by atoms with E-state index in [0.29, 0.717) is 0 Å². The van der Waals surface area contributed by atoms with Crippen molar-refractivity contribution in [1.29, 1.82) is 0 Å². The van der Waals surface area contributed by atoms with Gasteiger partial charge in [0.1, 0.15) is 0 Å². The van der Waals surface area contributed by atoms with Gasteiger partial charge in [0.05, 0.1) is 0 Å². The maximum Gasteiger partial charge on any atom is 0.00966 e. The van der Waals surface area contributed by atoms with Gasteiger partial charge in [-0.2, -0.15) is 0 Å². The molecule has 0 spiro atoms. The molecule has 0 aromatic carbocycles. The van der Waals surface area contributed by atoms with Gasteiger partial charge in [0.2, 0.25) is 0 Å². The Hall–Kier alpha value is -0.0400. The summed E-state index contributed by atoms with van der Waals surface area (Å²) in [5, 5.41) is 3.72. The number of hydrogen-bond acceptors (Lipinski definition) is 1. The molecule has 1 nitrogen and oxygen atoms in total. The van der Waals surface area contributed by atoms with Crippen molar-refractivity contribution >= 4 is 0 Å². The zero-order valence-corrected chi connectivity index (χ0v) is 13.6. The molecule has 1 aliphatic rings. The van der Waals surface area contributed by atoms with Gasteiger partial charge in [-0.15, -0.1) is 0 Å². The van der Waals surface area contributed by atoms with E-state index in [1.54, 1.807) is 0 Å². The van der Waals surface area contributed by atoms with Crippen LogP contribution in [0.3, 0.4) is 0 Å². The van der Waals surface area contributed by atoms with E-state index in [9.17, 15) is 0 Å². The third kappa shape index (κ3) is 5.30. The summed E-state index contributed by atoms with van der Waals surface area (Å²) in [6.07, 6.45) is 7.19. The maximum absolute atomic E-state index is 3.72. The SMILES string of the molecule is CCCC1CCC(CNC(C)(C)C)C(C(C)C)C1. The first-order valence-corrected chi connectivity index (χ1v) is 8.08. The third-order valence-electron chi connectivity index (χ3n) is 4.60. The van der Waals surface area contributed by atoms with Crippen molar-refractivity contribution < 1.29 is 0 Å². The number of rotatable bonds is 5. The minimum Gasteiger partial charge on any atom is -0.312 e. The predicted octanol–water partition coefficient (Wildman–Crippen LogP) is 4.86. The van der Waals surface area contributed by atoms with Crippen LogP contribution in [0.1, 0.15) is 73.6 Å². The molecule has 0 aliphatic heterocycles. The lowest BCUT2D eigenvalue weighted by Gasteiger charge is -2.40. The fraction of sp³-hybridized carbons (Fsp3) is 1.00. The molecule has 1 N–H and O–H groups in total. The summed E-state index contributed by atoms with van der Waals surface area (Å²) in [6.45, 7) is 15.2. The first kappa shape index (κ1) is 16.0. The minimum absolute atomic E-state index is 0.266. The van der Waals surface area contributed by atoms with Crippen LogP contribution in [0.2, 0.25) is 0 Å². The van der Waals surface area contributed by atoms with Gasteiger partial charge < -0.3 is 5.32 Å². The monoisotopic (exact) mass is 253 g/mol. The molecular weight excluding hydrogens is 218 g/mol. The van der Waals surface area contributed by atoms with Crippen molar-refractivity contribution in [3.05, 3.63) is 0 Å². The lowest BCUT2D eigenvalue weighted by molar-refractivity contribution is 0.122. The zero-order valence-electron chi connectivity index (χ0n) is 13.6. The Balaban J connectivity index is 2.51. The van der Waals surface area contributed by atoms with Crippen LogP contribution in [0.5, 0.6) is 0 Å². The average molecular weight is 253 g/mol. The Morgan fingerprint density at radius 1 is 1.17 bits per heavy atom. The predicted molar refractivity (Wildman–Crippen MR) is 81.8 cm³/mol. The van der Waals surface area contributed by atoms with E-state index in [-0.39, 0.29) is 5.54 Å². The van der Waals surface area contributed by atoms with E-state index in [4.69, 9.17) is 0 Å². The van der Waals surface area contributed by atoms with E-state index in [2.05, 4.69) is 46.9 Å². The van der Waals surface area contributed by atoms with Crippen molar-refractivity contribution in [3.63, 3.8) is 0 Å². The largest absolute Gasteiger partial charge is 0.312 e. The molecule has 0 aromatic heterocycles. The summed E-state index contributed by atoms with van der Waals surface area (Å²) in [5.74, 6) is 3.69. The first-order chi connectivity index (χ1) is 8.33. The van der Waals surface area contributed by atoms with E-state index in [1.165, 1.54) is 38.6 Å². The highest BCUT2D eigenvalue weighted by Crippen LogP contribution is 2.39. The highest BCUT2D eigenvalue weighted by Gasteiger charge is 2.32. The topological polar surface area (TPSA) is 12.0 Å². The summed E-state index contributed by atoms with van der Waals surface area (Å²) in [4.78, 5) is 0. The standard InChI is InChI=1S/C17H35N/c1-7-8-14-9-10-15(12-18-17(4,5)6)16(11-14)13(2)3/h13-16,18H,7-12H2,1-6H3. The smallest absolute Gasteiger partial charge is 0.00966 e. The van der Waals surface area contributed by atoms with E-state index in [1.807, 2.05) is 0 Å². The summed E-state index contributed by atoms with van der Waals surface area (Å²) < 4.78 is 0. The Kier molecular flexibility index (Phi) is 6.17. The molecule has 3 unspecified atom stereocenters. The second kappa shape index (κ2) is 6.93. The second-order valence-corrected chi connectivity index (χ2v) is 7.77. The van der Waals surface area contributed by atoms with Crippen LogP contribution >= 0.6 is 0 Å². The second-order valence-electron chi connectivity index (χ2n) is 7.77. The molecule has 1 fully saturated rings.